The van der Waals surface area contributed by atoms with Crippen molar-refractivity contribution in [2.45, 2.75) is 118 Å². The Labute approximate surface area is 249 Å². The van der Waals surface area contributed by atoms with Gasteiger partial charge in [-0.25, -0.2) is 4.79 Å². The van der Waals surface area contributed by atoms with Crippen molar-refractivity contribution >= 4 is 17.4 Å². The molecule has 0 heterocycles. The van der Waals surface area contributed by atoms with Gasteiger partial charge < -0.3 is 10.4 Å². The van der Waals surface area contributed by atoms with Gasteiger partial charge in [0.1, 0.15) is 5.75 Å². The van der Waals surface area contributed by atoms with Crippen LogP contribution in [0, 0.1) is 0 Å². The highest BCUT2D eigenvalue weighted by molar-refractivity contribution is 6.02. The van der Waals surface area contributed by atoms with Crippen molar-refractivity contribution in [2.75, 3.05) is 10.2 Å². The van der Waals surface area contributed by atoms with Crippen LogP contribution < -0.4 is 10.2 Å². The van der Waals surface area contributed by atoms with Gasteiger partial charge in [0.05, 0.1) is 6.54 Å². The van der Waals surface area contributed by atoms with E-state index in [4.69, 9.17) is 0 Å². The second-order valence-corrected chi connectivity index (χ2v) is 14.4. The number of hydrogen-bond donors (Lipinski definition) is 2. The van der Waals surface area contributed by atoms with Gasteiger partial charge >= 0.3 is 6.03 Å². The van der Waals surface area contributed by atoms with E-state index in [1.165, 1.54) is 5.56 Å². The summed E-state index contributed by atoms with van der Waals surface area (Å²) in [6, 6.07) is 18.6. The van der Waals surface area contributed by atoms with Gasteiger partial charge in [-0.05, 0) is 86.2 Å². The third-order valence-corrected chi connectivity index (χ3v) is 7.85. The quantitative estimate of drug-likeness (QED) is 0.304. The van der Waals surface area contributed by atoms with Crippen molar-refractivity contribution < 1.29 is 9.90 Å². The Kier molecular flexibility index (Phi) is 9.68. The highest BCUT2D eigenvalue weighted by Gasteiger charge is 2.28. The van der Waals surface area contributed by atoms with Crippen LogP contribution in [0.4, 0.5) is 16.2 Å². The first kappa shape index (κ1) is 32.2. The Morgan fingerprint density at radius 2 is 1.22 bits per heavy atom. The number of para-hydroxylation sites is 1. The molecular formula is C37H52N2O2. The summed E-state index contributed by atoms with van der Waals surface area (Å²) in [5, 5.41) is 14.6. The molecule has 4 nitrogen and oxygen atoms in total. The highest BCUT2D eigenvalue weighted by Crippen LogP contribution is 2.40. The number of urea groups is 1. The lowest BCUT2D eigenvalue weighted by atomic mass is 9.78. The maximum Gasteiger partial charge on any atom is 0.326 e. The lowest BCUT2D eigenvalue weighted by molar-refractivity contribution is 0.256. The third-order valence-electron chi connectivity index (χ3n) is 7.85. The smallest absolute Gasteiger partial charge is 0.326 e. The lowest BCUT2D eigenvalue weighted by Gasteiger charge is -2.30. The largest absolute Gasteiger partial charge is 0.507 e. The number of nitrogens with zero attached hydrogens (tertiary/aromatic N) is 1. The van der Waals surface area contributed by atoms with Crippen molar-refractivity contribution in [3.05, 3.63) is 88.0 Å². The summed E-state index contributed by atoms with van der Waals surface area (Å²) in [6.07, 6.45) is 0. The molecule has 2 amide bonds. The first-order valence-corrected chi connectivity index (χ1v) is 15.1. The minimum absolute atomic E-state index is 0.167. The molecule has 0 atom stereocenters. The Balaban J connectivity index is 2.17. The number of aromatic hydroxyl groups is 1. The van der Waals surface area contributed by atoms with E-state index in [1.807, 2.05) is 17.0 Å². The second-order valence-electron chi connectivity index (χ2n) is 14.4. The van der Waals surface area contributed by atoms with Crippen LogP contribution >= 0.6 is 0 Å². The summed E-state index contributed by atoms with van der Waals surface area (Å²) in [7, 11) is 0. The molecule has 0 aliphatic carbocycles. The number of benzene rings is 3. The van der Waals surface area contributed by atoms with Crippen molar-refractivity contribution in [2.24, 2.45) is 0 Å². The standard InChI is InChI=1S/C37H52N2O2/c1-23(2)27-16-18-28(19-17-27)39(35(41)38-33-29(24(3)4)14-13-15-30(33)25(5)6)22-26-20-31(36(7,8)9)34(40)32(21-26)37(10,11)12/h13-21,23-25,40H,22H2,1-12H3,(H,38,41). The minimum Gasteiger partial charge on any atom is -0.507 e. The highest BCUT2D eigenvalue weighted by atomic mass is 16.3. The Bertz CT molecular complexity index is 1290. The number of phenolic OH excluding ortho intramolecular Hbond substituents is 1. The van der Waals surface area contributed by atoms with E-state index < -0.39 is 0 Å². The molecule has 3 rings (SSSR count). The zero-order chi connectivity index (χ0) is 30.9. The van der Waals surface area contributed by atoms with Gasteiger partial charge in [0, 0.05) is 11.4 Å². The molecule has 41 heavy (non-hydrogen) atoms. The molecule has 2 N–H and O–H groups in total. The van der Waals surface area contributed by atoms with Crippen molar-refractivity contribution in [1.29, 1.82) is 0 Å². The van der Waals surface area contributed by atoms with E-state index in [2.05, 4.69) is 131 Å². The van der Waals surface area contributed by atoms with Crippen LogP contribution in [0.5, 0.6) is 5.75 Å². The summed E-state index contributed by atoms with van der Waals surface area (Å²) in [5.74, 6) is 1.28. The average Bonchev–Trinajstić information content (AvgIpc) is 2.86. The molecule has 0 saturated heterocycles. The molecule has 0 aliphatic rings. The number of hydrogen-bond acceptors (Lipinski definition) is 2. The molecule has 0 unspecified atom stereocenters. The first-order chi connectivity index (χ1) is 18.9. The third kappa shape index (κ3) is 7.52. The number of anilines is 2. The molecule has 222 valence electrons. The fourth-order valence-electron chi connectivity index (χ4n) is 5.30. The molecule has 3 aromatic rings. The SMILES string of the molecule is CC(C)c1ccc(N(Cc2cc(C(C)(C)C)c(O)c(C(C)(C)C)c2)C(=O)Nc2c(C(C)C)cccc2C(C)C)cc1. The van der Waals surface area contributed by atoms with Crippen LogP contribution in [0.25, 0.3) is 0 Å². The predicted molar refractivity (Wildman–Crippen MR) is 176 cm³/mol. The fraction of sp³-hybridized carbons (Fsp3) is 0.486. The number of phenols is 1. The van der Waals surface area contributed by atoms with Crippen LogP contribution in [-0.2, 0) is 17.4 Å². The van der Waals surface area contributed by atoms with Crippen LogP contribution in [0.15, 0.2) is 54.6 Å². The summed E-state index contributed by atoms with van der Waals surface area (Å²) >= 11 is 0. The number of carbonyl (C=O) groups is 1. The molecule has 3 aromatic carbocycles. The Hall–Kier alpha value is -3.27. The summed E-state index contributed by atoms with van der Waals surface area (Å²) in [5.41, 5.74) is 7.50. The molecule has 0 saturated carbocycles. The number of rotatable bonds is 7. The van der Waals surface area contributed by atoms with Crippen LogP contribution in [0.3, 0.4) is 0 Å². The van der Waals surface area contributed by atoms with Gasteiger partial charge in [0.15, 0.2) is 0 Å². The minimum atomic E-state index is -0.255. The summed E-state index contributed by atoms with van der Waals surface area (Å²) < 4.78 is 0. The van der Waals surface area contributed by atoms with Gasteiger partial charge in [0.2, 0.25) is 0 Å². The fourth-order valence-corrected chi connectivity index (χ4v) is 5.30. The van der Waals surface area contributed by atoms with Gasteiger partial charge in [0.25, 0.3) is 0 Å². The van der Waals surface area contributed by atoms with E-state index in [0.29, 0.717) is 18.2 Å². The monoisotopic (exact) mass is 556 g/mol. The van der Waals surface area contributed by atoms with Gasteiger partial charge in [-0.1, -0.05) is 113 Å². The second kappa shape index (κ2) is 12.3. The van der Waals surface area contributed by atoms with E-state index in [-0.39, 0.29) is 28.7 Å². The maximum atomic E-state index is 14.3. The van der Waals surface area contributed by atoms with E-state index in [9.17, 15) is 9.90 Å². The summed E-state index contributed by atoms with van der Waals surface area (Å²) in [6.45, 7) is 26.1. The summed E-state index contributed by atoms with van der Waals surface area (Å²) in [4.78, 5) is 16.1. The zero-order valence-electron chi connectivity index (χ0n) is 27.4. The topological polar surface area (TPSA) is 52.6 Å². The molecule has 0 aliphatic heterocycles. The molecule has 4 heteroatoms. The first-order valence-electron chi connectivity index (χ1n) is 15.1. The van der Waals surface area contributed by atoms with Crippen molar-refractivity contribution in [3.8, 4) is 5.75 Å². The van der Waals surface area contributed by atoms with Crippen LogP contribution in [0.2, 0.25) is 0 Å². The van der Waals surface area contributed by atoms with Crippen LogP contribution in [-0.4, -0.2) is 11.1 Å². The zero-order valence-corrected chi connectivity index (χ0v) is 27.4. The van der Waals surface area contributed by atoms with Gasteiger partial charge in [-0.2, -0.15) is 0 Å². The molecule has 0 spiro atoms. The van der Waals surface area contributed by atoms with E-state index >= 15 is 0 Å². The number of nitrogens with one attached hydrogen (secondary N) is 1. The molecule has 0 aromatic heterocycles. The molecule has 0 bridgehead atoms. The number of carbonyl (C=O) groups excluding carboxylic acids is 1. The molecular weight excluding hydrogens is 504 g/mol. The van der Waals surface area contributed by atoms with Crippen molar-refractivity contribution in [3.63, 3.8) is 0 Å². The molecule has 0 radical (unpaired) electrons. The van der Waals surface area contributed by atoms with Gasteiger partial charge in [-0.15, -0.1) is 0 Å². The van der Waals surface area contributed by atoms with Crippen LogP contribution in [0.1, 0.15) is 134 Å². The van der Waals surface area contributed by atoms with Crippen molar-refractivity contribution in [1.82, 2.24) is 0 Å². The normalized spacial score (nSPS) is 12.4. The maximum absolute atomic E-state index is 14.3. The predicted octanol–water partition coefficient (Wildman–Crippen LogP) is 10.6. The van der Waals surface area contributed by atoms with E-state index in [0.717, 1.165) is 39.2 Å². The Morgan fingerprint density at radius 1 is 0.756 bits per heavy atom. The lowest BCUT2D eigenvalue weighted by Crippen LogP contribution is -2.35. The van der Waals surface area contributed by atoms with Gasteiger partial charge in [-0.3, -0.25) is 4.90 Å². The molecule has 0 fully saturated rings. The van der Waals surface area contributed by atoms with E-state index in [1.54, 1.807) is 0 Å². The Morgan fingerprint density at radius 3 is 1.61 bits per heavy atom. The number of amides is 2. The average molecular weight is 557 g/mol.